The number of hydrogen-bond donors (Lipinski definition) is 1. The first kappa shape index (κ1) is 13.8. The van der Waals surface area contributed by atoms with E-state index in [2.05, 4.69) is 4.74 Å². The van der Waals surface area contributed by atoms with Crippen LogP contribution >= 0.6 is 0 Å². The van der Waals surface area contributed by atoms with Crippen LogP contribution in [0, 0.1) is 0 Å². The van der Waals surface area contributed by atoms with E-state index < -0.39 is 22.2 Å². The van der Waals surface area contributed by atoms with E-state index in [1.165, 1.54) is 0 Å². The Kier molecular flexibility index (Phi) is 4.93. The molecule has 0 bridgehead atoms. The Balaban J connectivity index is 3.71. The molecule has 0 saturated heterocycles. The zero-order valence-electron chi connectivity index (χ0n) is 8.60. The molecule has 1 unspecified atom stereocenters. The van der Waals surface area contributed by atoms with Gasteiger partial charge < -0.3 is 9.22 Å². The maximum absolute atomic E-state index is 12.7. The van der Waals surface area contributed by atoms with Gasteiger partial charge in [-0.1, -0.05) is 0 Å². The quantitative estimate of drug-likeness (QED) is 0.511. The molecular weight excluding hydrogens is 213 g/mol. The molecule has 0 radical (unpaired) electrons. The van der Waals surface area contributed by atoms with Crippen molar-refractivity contribution < 1.29 is 26.6 Å². The number of hydrogen-bond acceptors (Lipinski definition) is 3. The van der Waals surface area contributed by atoms with E-state index in [1.807, 2.05) is 21.1 Å². The van der Waals surface area contributed by atoms with Crippen LogP contribution in [0.4, 0.5) is 4.39 Å². The Bertz CT molecular complexity index is 259. The number of quaternary nitrogens is 1. The molecule has 0 aromatic rings. The third kappa shape index (κ3) is 9.85. The zero-order valence-corrected chi connectivity index (χ0v) is 9.42. The smallest absolute Gasteiger partial charge is 0.270 e. The first-order valence-electron chi connectivity index (χ1n) is 4.11. The molecule has 14 heavy (non-hydrogen) atoms. The zero-order chi connectivity index (χ0) is 11.4. The summed E-state index contributed by atoms with van der Waals surface area (Å²) in [7, 11) is 1.41. The largest absolute Gasteiger partial charge is 0.341 e. The van der Waals surface area contributed by atoms with Crippen LogP contribution in [0.15, 0.2) is 0 Å². The highest BCUT2D eigenvalue weighted by Gasteiger charge is 2.17. The molecule has 0 aliphatic carbocycles. The predicted molar refractivity (Wildman–Crippen MR) is 50.2 cm³/mol. The summed E-state index contributed by atoms with van der Waals surface area (Å²) in [6, 6.07) is 0. The number of likely N-dealkylation sites (N-methyl/N-ethyl adjacent to an activating group) is 1. The van der Waals surface area contributed by atoms with E-state index >= 15 is 0 Å². The van der Waals surface area contributed by atoms with E-state index in [-0.39, 0.29) is 6.61 Å². The minimum atomic E-state index is -4.29. The Morgan fingerprint density at radius 3 is 2.29 bits per heavy atom. The lowest BCUT2D eigenvalue weighted by Gasteiger charge is -2.23. The van der Waals surface area contributed by atoms with Gasteiger partial charge in [0, 0.05) is 0 Å². The van der Waals surface area contributed by atoms with Gasteiger partial charge in [-0.3, -0.25) is 4.55 Å². The van der Waals surface area contributed by atoms with Gasteiger partial charge in [0.25, 0.3) is 10.1 Å². The average Bonchev–Trinajstić information content (AvgIpc) is 1.78. The molecule has 0 saturated carbocycles. The van der Waals surface area contributed by atoms with Crippen molar-refractivity contribution in [3.63, 3.8) is 0 Å². The molecule has 7 heteroatoms. The molecule has 0 aromatic heterocycles. The Labute approximate surface area is 83.8 Å². The van der Waals surface area contributed by atoms with E-state index in [1.54, 1.807) is 0 Å². The third-order valence-electron chi connectivity index (χ3n) is 1.40. The van der Waals surface area contributed by atoms with Crippen molar-refractivity contribution >= 4 is 10.1 Å². The summed E-state index contributed by atoms with van der Waals surface area (Å²) in [4.78, 5) is 0. The number of halogens is 1. The van der Waals surface area contributed by atoms with Gasteiger partial charge in [0.15, 0.2) is 0 Å². The lowest BCUT2D eigenvalue weighted by atomic mass is 10.5. The summed E-state index contributed by atoms with van der Waals surface area (Å²) in [5.41, 5.74) is 0. The topological polar surface area (TPSA) is 63.6 Å². The van der Waals surface area contributed by atoms with Crippen LogP contribution in [-0.2, 0) is 14.9 Å². The highest BCUT2D eigenvalue weighted by Crippen LogP contribution is 1.99. The molecule has 0 aliphatic rings. The van der Waals surface area contributed by atoms with Crippen LogP contribution in [-0.4, -0.2) is 63.9 Å². The van der Waals surface area contributed by atoms with Crippen molar-refractivity contribution in [1.82, 2.24) is 0 Å². The second-order valence-corrected chi connectivity index (χ2v) is 5.54. The standard InChI is InChI=1S/C7H16FNO4S/c1-9(2,3)4-5-13-7(8)6-14(10,11)12/h7H,4-6H2,1-3H3/p+1. The van der Waals surface area contributed by atoms with Crippen molar-refractivity contribution in [3.8, 4) is 0 Å². The van der Waals surface area contributed by atoms with Gasteiger partial charge in [0.1, 0.15) is 12.3 Å². The van der Waals surface area contributed by atoms with Gasteiger partial charge in [-0.25, -0.2) is 4.39 Å². The molecule has 0 spiro atoms. The number of alkyl halides is 1. The summed E-state index contributed by atoms with van der Waals surface area (Å²) in [6.45, 7) is 0.673. The Hall–Kier alpha value is -0.240. The summed E-state index contributed by atoms with van der Waals surface area (Å²) in [5, 5.41) is 0. The molecular formula is C7H17FNO4S+. The first-order valence-corrected chi connectivity index (χ1v) is 5.72. The lowest BCUT2D eigenvalue weighted by molar-refractivity contribution is -0.870. The minimum Gasteiger partial charge on any atom is -0.341 e. The Morgan fingerprint density at radius 2 is 1.93 bits per heavy atom. The normalized spacial score (nSPS) is 15.5. The third-order valence-corrected chi connectivity index (χ3v) is 2.09. The fourth-order valence-corrected chi connectivity index (χ4v) is 1.10. The SMILES string of the molecule is C[N+](C)(C)CCOC(F)CS(=O)(=O)O. The van der Waals surface area contributed by atoms with Gasteiger partial charge in [0.05, 0.1) is 27.7 Å². The average molecular weight is 230 g/mol. The van der Waals surface area contributed by atoms with Crippen LogP contribution in [0.5, 0.6) is 0 Å². The van der Waals surface area contributed by atoms with E-state index in [4.69, 9.17) is 4.55 Å². The van der Waals surface area contributed by atoms with E-state index in [0.717, 1.165) is 0 Å². The van der Waals surface area contributed by atoms with Crippen LogP contribution < -0.4 is 0 Å². The summed E-state index contributed by atoms with van der Waals surface area (Å²) >= 11 is 0. The van der Waals surface area contributed by atoms with Gasteiger partial charge in [0.2, 0.25) is 6.36 Å². The molecule has 0 aromatic carbocycles. The fourth-order valence-electron chi connectivity index (χ4n) is 0.668. The lowest BCUT2D eigenvalue weighted by Crippen LogP contribution is -2.38. The van der Waals surface area contributed by atoms with Gasteiger partial charge in [-0.15, -0.1) is 0 Å². The maximum atomic E-state index is 12.7. The molecule has 0 rings (SSSR count). The molecule has 1 N–H and O–H groups in total. The molecule has 0 aliphatic heterocycles. The monoisotopic (exact) mass is 230 g/mol. The molecule has 0 amide bonds. The summed E-state index contributed by atoms with van der Waals surface area (Å²) in [5.74, 6) is -1.01. The van der Waals surface area contributed by atoms with Crippen LogP contribution in [0.3, 0.4) is 0 Å². The number of rotatable bonds is 6. The van der Waals surface area contributed by atoms with Crippen molar-refractivity contribution in [2.45, 2.75) is 6.36 Å². The predicted octanol–water partition coefficient (Wildman–Crippen LogP) is -0.107. The van der Waals surface area contributed by atoms with Gasteiger partial charge in [-0.2, -0.15) is 8.42 Å². The van der Waals surface area contributed by atoms with Crippen LogP contribution in [0.2, 0.25) is 0 Å². The van der Waals surface area contributed by atoms with E-state index in [9.17, 15) is 12.8 Å². The maximum Gasteiger partial charge on any atom is 0.270 e. The highest BCUT2D eigenvalue weighted by molar-refractivity contribution is 7.85. The minimum absolute atomic E-state index is 0.111. The van der Waals surface area contributed by atoms with Gasteiger partial charge in [-0.05, 0) is 0 Å². The van der Waals surface area contributed by atoms with Crippen molar-refractivity contribution in [1.29, 1.82) is 0 Å². The summed E-state index contributed by atoms with van der Waals surface area (Å²) < 4.78 is 46.6. The van der Waals surface area contributed by atoms with Crippen molar-refractivity contribution in [2.24, 2.45) is 0 Å². The first-order chi connectivity index (χ1) is 6.10. The van der Waals surface area contributed by atoms with Crippen LogP contribution in [0.1, 0.15) is 0 Å². The highest BCUT2D eigenvalue weighted by atomic mass is 32.2. The van der Waals surface area contributed by atoms with Crippen molar-refractivity contribution in [3.05, 3.63) is 0 Å². The second-order valence-electron chi connectivity index (χ2n) is 4.04. The molecule has 5 nitrogen and oxygen atoms in total. The number of nitrogens with zero attached hydrogens (tertiary/aromatic N) is 1. The van der Waals surface area contributed by atoms with Gasteiger partial charge >= 0.3 is 0 Å². The number of ether oxygens (including phenoxy) is 1. The Morgan fingerprint density at radius 1 is 1.43 bits per heavy atom. The molecule has 0 heterocycles. The molecule has 1 atom stereocenters. The summed E-state index contributed by atoms with van der Waals surface area (Å²) in [6.07, 6.45) is -1.96. The fraction of sp³-hybridized carbons (Fsp3) is 1.00. The van der Waals surface area contributed by atoms with Crippen LogP contribution in [0.25, 0.3) is 0 Å². The van der Waals surface area contributed by atoms with Crippen molar-refractivity contribution in [2.75, 3.05) is 40.0 Å². The molecule has 86 valence electrons. The second kappa shape index (κ2) is 5.01. The van der Waals surface area contributed by atoms with E-state index in [0.29, 0.717) is 11.0 Å². The molecule has 0 fully saturated rings.